The largest absolute Gasteiger partial charge is 0.322 e. The van der Waals surface area contributed by atoms with Gasteiger partial charge in [0, 0.05) is 5.02 Å². The van der Waals surface area contributed by atoms with Gasteiger partial charge in [-0.3, -0.25) is 19.3 Å². The van der Waals surface area contributed by atoms with Gasteiger partial charge < -0.3 is 5.32 Å². The summed E-state index contributed by atoms with van der Waals surface area (Å²) in [6.07, 6.45) is 2.11. The second kappa shape index (κ2) is 8.10. The minimum absolute atomic E-state index is 0.0600. The highest BCUT2D eigenvalue weighted by molar-refractivity contribution is 7.98. The number of halogens is 2. The Morgan fingerprint density at radius 1 is 1.19 bits per heavy atom. The molecule has 1 N–H and O–H groups in total. The lowest BCUT2D eigenvalue weighted by molar-refractivity contribution is -0.120. The molecule has 1 atom stereocenters. The molecule has 0 bridgehead atoms. The summed E-state index contributed by atoms with van der Waals surface area (Å²) in [7, 11) is 0. The van der Waals surface area contributed by atoms with Gasteiger partial charge in [0.2, 0.25) is 5.91 Å². The Labute approximate surface area is 164 Å². The highest BCUT2D eigenvalue weighted by Gasteiger charge is 2.42. The Morgan fingerprint density at radius 2 is 1.81 bits per heavy atom. The first-order valence-corrected chi connectivity index (χ1v) is 9.93. The van der Waals surface area contributed by atoms with Gasteiger partial charge in [0.1, 0.15) is 11.9 Å². The molecule has 1 unspecified atom stereocenters. The van der Waals surface area contributed by atoms with Crippen molar-refractivity contribution in [3.8, 4) is 0 Å². The summed E-state index contributed by atoms with van der Waals surface area (Å²) in [6.45, 7) is 0. The monoisotopic (exact) mass is 406 g/mol. The van der Waals surface area contributed by atoms with E-state index in [-0.39, 0.29) is 28.3 Å². The minimum atomic E-state index is -1.04. The Bertz CT molecular complexity index is 887. The van der Waals surface area contributed by atoms with Crippen molar-refractivity contribution in [1.29, 1.82) is 0 Å². The van der Waals surface area contributed by atoms with E-state index < -0.39 is 29.6 Å². The standard InChI is InChI=1S/C19H16ClFN2O3S/c1-27-9-8-16(17(24)22-15-7-6-11(20)10-14(15)21)23-18(25)12-4-2-3-5-13(12)19(23)26/h2-7,10,16H,8-9H2,1H3,(H,22,24). The molecule has 140 valence electrons. The molecular weight excluding hydrogens is 391 g/mol. The number of nitrogens with one attached hydrogen (secondary N) is 1. The average molecular weight is 407 g/mol. The van der Waals surface area contributed by atoms with Gasteiger partial charge in [-0.15, -0.1) is 0 Å². The third-order valence-corrected chi connectivity index (χ3v) is 5.10. The highest BCUT2D eigenvalue weighted by atomic mass is 35.5. The topological polar surface area (TPSA) is 66.5 Å². The van der Waals surface area contributed by atoms with Crippen LogP contribution < -0.4 is 5.32 Å². The first-order valence-electron chi connectivity index (χ1n) is 8.15. The van der Waals surface area contributed by atoms with Crippen LogP contribution in [0.5, 0.6) is 0 Å². The third kappa shape index (κ3) is 3.84. The predicted octanol–water partition coefficient (Wildman–Crippen LogP) is 3.84. The van der Waals surface area contributed by atoms with Crippen molar-refractivity contribution in [2.45, 2.75) is 12.5 Å². The van der Waals surface area contributed by atoms with Crippen molar-refractivity contribution < 1.29 is 18.8 Å². The van der Waals surface area contributed by atoms with Crippen molar-refractivity contribution in [3.63, 3.8) is 0 Å². The summed E-state index contributed by atoms with van der Waals surface area (Å²) < 4.78 is 14.0. The van der Waals surface area contributed by atoms with Crippen molar-refractivity contribution in [2.24, 2.45) is 0 Å². The van der Waals surface area contributed by atoms with Crippen LogP contribution in [0.2, 0.25) is 5.02 Å². The van der Waals surface area contributed by atoms with Crippen molar-refractivity contribution in [2.75, 3.05) is 17.3 Å². The maximum Gasteiger partial charge on any atom is 0.262 e. The Morgan fingerprint density at radius 3 is 2.37 bits per heavy atom. The van der Waals surface area contributed by atoms with Crippen LogP contribution in [0.1, 0.15) is 27.1 Å². The van der Waals surface area contributed by atoms with E-state index in [1.807, 2.05) is 6.26 Å². The number of amides is 3. The van der Waals surface area contributed by atoms with Gasteiger partial charge >= 0.3 is 0 Å². The first-order chi connectivity index (χ1) is 12.9. The predicted molar refractivity (Wildman–Crippen MR) is 104 cm³/mol. The molecule has 0 saturated heterocycles. The van der Waals surface area contributed by atoms with Crippen molar-refractivity contribution in [1.82, 2.24) is 4.90 Å². The summed E-state index contributed by atoms with van der Waals surface area (Å²) in [4.78, 5) is 39.2. The van der Waals surface area contributed by atoms with Crippen LogP contribution in [0.15, 0.2) is 42.5 Å². The van der Waals surface area contributed by atoms with Crippen molar-refractivity contribution >= 4 is 46.8 Å². The fourth-order valence-corrected chi connectivity index (χ4v) is 3.52. The van der Waals surface area contributed by atoms with Gasteiger partial charge in [0.15, 0.2) is 0 Å². The number of benzene rings is 2. The lowest BCUT2D eigenvalue weighted by Crippen LogP contribution is -2.47. The van der Waals surface area contributed by atoms with E-state index in [2.05, 4.69) is 5.32 Å². The van der Waals surface area contributed by atoms with E-state index in [0.717, 1.165) is 11.0 Å². The lowest BCUT2D eigenvalue weighted by atomic mass is 10.1. The maximum atomic E-state index is 14.0. The molecule has 1 aliphatic rings. The minimum Gasteiger partial charge on any atom is -0.322 e. The molecule has 0 saturated carbocycles. The zero-order valence-corrected chi connectivity index (χ0v) is 15.9. The first kappa shape index (κ1) is 19.4. The van der Waals surface area contributed by atoms with Gasteiger partial charge in [0.25, 0.3) is 11.8 Å². The third-order valence-electron chi connectivity index (χ3n) is 4.22. The maximum absolute atomic E-state index is 14.0. The molecule has 2 aromatic carbocycles. The number of thioether (sulfide) groups is 1. The summed E-state index contributed by atoms with van der Waals surface area (Å²) >= 11 is 7.21. The Kier molecular flexibility index (Phi) is 5.82. The van der Waals surface area contributed by atoms with Crippen LogP contribution in [0.3, 0.4) is 0 Å². The Balaban J connectivity index is 1.89. The van der Waals surface area contributed by atoms with E-state index in [4.69, 9.17) is 11.6 Å². The van der Waals surface area contributed by atoms with E-state index in [1.165, 1.54) is 23.9 Å². The number of hydrogen-bond donors (Lipinski definition) is 1. The summed E-state index contributed by atoms with van der Waals surface area (Å²) in [6, 6.07) is 9.25. The zero-order chi connectivity index (χ0) is 19.6. The number of nitrogens with zero attached hydrogens (tertiary/aromatic N) is 1. The molecule has 8 heteroatoms. The fourth-order valence-electron chi connectivity index (χ4n) is 2.90. The number of carbonyl (C=O) groups excluding carboxylic acids is 3. The summed E-state index contributed by atoms with van der Waals surface area (Å²) in [5, 5.41) is 2.66. The van der Waals surface area contributed by atoms with Gasteiger partial charge in [-0.25, -0.2) is 4.39 Å². The van der Waals surface area contributed by atoms with Crippen LogP contribution in [0.4, 0.5) is 10.1 Å². The number of imide groups is 1. The van der Waals surface area contributed by atoms with E-state index >= 15 is 0 Å². The molecule has 2 aromatic rings. The smallest absolute Gasteiger partial charge is 0.262 e. The van der Waals surface area contributed by atoms with Crippen LogP contribution in [0, 0.1) is 5.82 Å². The van der Waals surface area contributed by atoms with Crippen LogP contribution in [0.25, 0.3) is 0 Å². The molecule has 0 aliphatic carbocycles. The molecule has 0 spiro atoms. The zero-order valence-electron chi connectivity index (χ0n) is 14.4. The van der Waals surface area contributed by atoms with Crippen LogP contribution in [-0.2, 0) is 4.79 Å². The molecule has 1 heterocycles. The number of anilines is 1. The lowest BCUT2D eigenvalue weighted by Gasteiger charge is -2.25. The normalized spacial score (nSPS) is 14.3. The second-order valence-corrected chi connectivity index (χ2v) is 7.36. The summed E-state index contributed by atoms with van der Waals surface area (Å²) in [5.41, 5.74) is 0.472. The van der Waals surface area contributed by atoms with E-state index in [9.17, 15) is 18.8 Å². The molecule has 0 radical (unpaired) electrons. The van der Waals surface area contributed by atoms with Gasteiger partial charge in [-0.1, -0.05) is 23.7 Å². The number of carbonyl (C=O) groups is 3. The number of fused-ring (bicyclic) bond motifs is 1. The molecule has 3 amide bonds. The fraction of sp³-hybridized carbons (Fsp3) is 0.211. The van der Waals surface area contributed by atoms with Crippen LogP contribution in [-0.4, -0.2) is 40.7 Å². The summed E-state index contributed by atoms with van der Waals surface area (Å²) in [5.74, 6) is -1.81. The van der Waals surface area contributed by atoms with Gasteiger partial charge in [0.05, 0.1) is 16.8 Å². The van der Waals surface area contributed by atoms with E-state index in [1.54, 1.807) is 24.3 Å². The van der Waals surface area contributed by atoms with Gasteiger partial charge in [-0.2, -0.15) is 11.8 Å². The number of rotatable bonds is 6. The number of hydrogen-bond acceptors (Lipinski definition) is 4. The Hall–Kier alpha value is -2.38. The highest BCUT2D eigenvalue weighted by Crippen LogP contribution is 2.27. The molecule has 1 aliphatic heterocycles. The average Bonchev–Trinajstić information content (AvgIpc) is 2.90. The molecule has 0 aromatic heterocycles. The SMILES string of the molecule is CSCCC(C(=O)Nc1ccc(Cl)cc1F)N1C(=O)c2ccccc2C1=O. The second-order valence-electron chi connectivity index (χ2n) is 5.94. The quantitative estimate of drug-likeness (QED) is 0.740. The molecule has 27 heavy (non-hydrogen) atoms. The molecule has 0 fully saturated rings. The van der Waals surface area contributed by atoms with Crippen LogP contribution >= 0.6 is 23.4 Å². The molecular formula is C19H16ClFN2O3S. The molecule has 5 nitrogen and oxygen atoms in total. The van der Waals surface area contributed by atoms with Gasteiger partial charge in [-0.05, 0) is 48.8 Å². The molecule has 3 rings (SSSR count). The van der Waals surface area contributed by atoms with E-state index in [0.29, 0.717) is 5.75 Å². The van der Waals surface area contributed by atoms with Crippen molar-refractivity contribution in [3.05, 3.63) is 64.4 Å².